The van der Waals surface area contributed by atoms with Gasteiger partial charge in [0, 0.05) is 18.0 Å². The van der Waals surface area contributed by atoms with Gasteiger partial charge < -0.3 is 4.90 Å². The van der Waals surface area contributed by atoms with E-state index < -0.39 is 6.04 Å². The van der Waals surface area contributed by atoms with Crippen LogP contribution in [0.3, 0.4) is 0 Å². The highest BCUT2D eigenvalue weighted by atomic mass is 16.2. The van der Waals surface area contributed by atoms with E-state index in [2.05, 4.69) is 10.0 Å². The van der Waals surface area contributed by atoms with Gasteiger partial charge >= 0.3 is 0 Å². The fraction of sp³-hybridized carbons (Fsp3) is 0.857. The van der Waals surface area contributed by atoms with Crippen molar-refractivity contribution >= 4 is 5.91 Å². The van der Waals surface area contributed by atoms with Crippen LogP contribution in [0.1, 0.15) is 20.8 Å². The molecule has 0 aromatic carbocycles. The van der Waals surface area contributed by atoms with Crippen LogP contribution >= 0.6 is 0 Å². The highest BCUT2D eigenvalue weighted by molar-refractivity contribution is 5.81. The molecule has 1 amide bonds. The molecule has 1 atom stereocenters. The zero-order chi connectivity index (χ0) is 9.56. The van der Waals surface area contributed by atoms with Crippen molar-refractivity contribution in [2.24, 2.45) is 5.11 Å². The van der Waals surface area contributed by atoms with Crippen LogP contribution in [0.25, 0.3) is 10.4 Å². The summed E-state index contributed by atoms with van der Waals surface area (Å²) >= 11 is 0. The number of amides is 1. The average molecular weight is 170 g/mol. The molecule has 0 bridgehead atoms. The summed E-state index contributed by atoms with van der Waals surface area (Å²) in [4.78, 5) is 15.6. The largest absolute Gasteiger partial charge is 0.343 e. The van der Waals surface area contributed by atoms with Crippen molar-refractivity contribution in [1.29, 1.82) is 0 Å². The number of azide groups is 1. The van der Waals surface area contributed by atoms with Gasteiger partial charge in [-0.1, -0.05) is 5.11 Å². The number of rotatable bonds is 4. The van der Waals surface area contributed by atoms with E-state index in [1.54, 1.807) is 11.8 Å². The third kappa shape index (κ3) is 2.80. The van der Waals surface area contributed by atoms with Crippen molar-refractivity contribution in [1.82, 2.24) is 4.90 Å². The molecule has 0 N–H and O–H groups in total. The summed E-state index contributed by atoms with van der Waals surface area (Å²) in [6.45, 7) is 6.69. The highest BCUT2D eigenvalue weighted by Crippen LogP contribution is 1.98. The quantitative estimate of drug-likeness (QED) is 0.358. The number of hydrogen-bond donors (Lipinski definition) is 0. The monoisotopic (exact) mass is 170 g/mol. The Labute approximate surface area is 72.0 Å². The first-order chi connectivity index (χ1) is 5.67. The lowest BCUT2D eigenvalue weighted by atomic mass is 10.3. The van der Waals surface area contributed by atoms with E-state index in [9.17, 15) is 4.79 Å². The summed E-state index contributed by atoms with van der Waals surface area (Å²) < 4.78 is 0. The van der Waals surface area contributed by atoms with Gasteiger partial charge in [-0.05, 0) is 26.3 Å². The van der Waals surface area contributed by atoms with Crippen LogP contribution in [0.5, 0.6) is 0 Å². The van der Waals surface area contributed by atoms with E-state index >= 15 is 0 Å². The Balaban J connectivity index is 4.24. The first kappa shape index (κ1) is 10.8. The maximum Gasteiger partial charge on any atom is 0.231 e. The second-order valence-electron chi connectivity index (χ2n) is 2.39. The lowest BCUT2D eigenvalue weighted by Crippen LogP contribution is -2.36. The molecule has 0 spiro atoms. The summed E-state index contributed by atoms with van der Waals surface area (Å²) in [6, 6.07) is -0.588. The van der Waals surface area contributed by atoms with Crippen LogP contribution in [0.15, 0.2) is 5.11 Å². The molecule has 0 saturated carbocycles. The second-order valence-corrected chi connectivity index (χ2v) is 2.39. The van der Waals surface area contributed by atoms with Crippen LogP contribution in [0.4, 0.5) is 0 Å². The number of nitrogens with zero attached hydrogens (tertiary/aromatic N) is 4. The van der Waals surface area contributed by atoms with Crippen molar-refractivity contribution in [2.45, 2.75) is 26.8 Å². The lowest BCUT2D eigenvalue weighted by molar-refractivity contribution is -0.131. The molecule has 0 rings (SSSR count). The Bertz CT molecular complexity index is 194. The molecule has 5 heteroatoms. The molecule has 68 valence electrons. The predicted octanol–water partition coefficient (Wildman–Crippen LogP) is 1.55. The van der Waals surface area contributed by atoms with Crippen molar-refractivity contribution in [3.63, 3.8) is 0 Å². The van der Waals surface area contributed by atoms with Gasteiger partial charge in [0.05, 0.1) is 0 Å². The average Bonchev–Trinajstić information content (AvgIpc) is 2.07. The van der Waals surface area contributed by atoms with Crippen LogP contribution in [-0.2, 0) is 4.79 Å². The molecule has 0 radical (unpaired) electrons. The molecular weight excluding hydrogens is 156 g/mol. The SMILES string of the molecule is CCN(CC)C(=O)C(C)N=[N+]=[N-]. The minimum atomic E-state index is -0.588. The molecule has 0 aliphatic rings. The summed E-state index contributed by atoms with van der Waals surface area (Å²) in [5.74, 6) is -0.113. The Morgan fingerprint density at radius 3 is 2.42 bits per heavy atom. The van der Waals surface area contributed by atoms with Gasteiger partial charge in [0.25, 0.3) is 0 Å². The van der Waals surface area contributed by atoms with Gasteiger partial charge in [0.15, 0.2) is 0 Å². The van der Waals surface area contributed by atoms with Crippen molar-refractivity contribution < 1.29 is 4.79 Å². The molecule has 0 saturated heterocycles. The maximum atomic E-state index is 11.4. The molecular formula is C7H14N4O. The number of likely N-dealkylation sites (N-methyl/N-ethyl adjacent to an activating group) is 1. The smallest absolute Gasteiger partial charge is 0.231 e. The molecule has 0 fully saturated rings. The minimum Gasteiger partial charge on any atom is -0.343 e. The summed E-state index contributed by atoms with van der Waals surface area (Å²) in [7, 11) is 0. The second kappa shape index (κ2) is 5.43. The number of carbonyl (C=O) groups excluding carboxylic acids is 1. The van der Waals surface area contributed by atoms with Crippen LogP contribution in [0, 0.1) is 0 Å². The van der Waals surface area contributed by atoms with Gasteiger partial charge in [-0.3, -0.25) is 4.79 Å². The third-order valence-electron chi connectivity index (χ3n) is 1.66. The van der Waals surface area contributed by atoms with Gasteiger partial charge in [0.2, 0.25) is 5.91 Å². The fourth-order valence-corrected chi connectivity index (χ4v) is 0.926. The van der Waals surface area contributed by atoms with Gasteiger partial charge in [-0.25, -0.2) is 0 Å². The molecule has 5 nitrogen and oxygen atoms in total. The molecule has 0 aromatic heterocycles. The molecule has 1 unspecified atom stereocenters. The van der Waals surface area contributed by atoms with Crippen molar-refractivity contribution in [3.05, 3.63) is 10.4 Å². The number of carbonyl (C=O) groups is 1. The van der Waals surface area contributed by atoms with Gasteiger partial charge in [0.1, 0.15) is 6.04 Å². The van der Waals surface area contributed by atoms with E-state index in [0.717, 1.165) is 0 Å². The van der Waals surface area contributed by atoms with Crippen LogP contribution < -0.4 is 0 Å². The Kier molecular flexibility index (Phi) is 4.88. The van der Waals surface area contributed by atoms with Gasteiger partial charge in [-0.2, -0.15) is 0 Å². The van der Waals surface area contributed by atoms with Crippen LogP contribution in [0.2, 0.25) is 0 Å². The molecule has 0 aromatic rings. The van der Waals surface area contributed by atoms with E-state index in [1.807, 2.05) is 13.8 Å². The first-order valence-corrected chi connectivity index (χ1v) is 4.00. The zero-order valence-electron chi connectivity index (χ0n) is 7.69. The normalized spacial score (nSPS) is 11.6. The van der Waals surface area contributed by atoms with E-state index in [4.69, 9.17) is 5.53 Å². The predicted molar refractivity (Wildman–Crippen MR) is 46.5 cm³/mol. The Morgan fingerprint density at radius 1 is 1.58 bits per heavy atom. The maximum absolute atomic E-state index is 11.4. The van der Waals surface area contributed by atoms with E-state index in [0.29, 0.717) is 13.1 Å². The first-order valence-electron chi connectivity index (χ1n) is 4.00. The lowest BCUT2D eigenvalue weighted by Gasteiger charge is -2.20. The minimum absolute atomic E-state index is 0.113. The topological polar surface area (TPSA) is 69.1 Å². The Hall–Kier alpha value is -1.22. The van der Waals surface area contributed by atoms with E-state index in [-0.39, 0.29) is 5.91 Å². The van der Waals surface area contributed by atoms with Gasteiger partial charge in [-0.15, -0.1) is 0 Å². The zero-order valence-corrected chi connectivity index (χ0v) is 7.69. The van der Waals surface area contributed by atoms with Crippen LogP contribution in [-0.4, -0.2) is 29.9 Å². The fourth-order valence-electron chi connectivity index (χ4n) is 0.926. The van der Waals surface area contributed by atoms with Crippen molar-refractivity contribution in [2.75, 3.05) is 13.1 Å². The van der Waals surface area contributed by atoms with E-state index in [1.165, 1.54) is 0 Å². The molecule has 0 aliphatic heterocycles. The summed E-state index contributed by atoms with van der Waals surface area (Å²) in [6.07, 6.45) is 0. The summed E-state index contributed by atoms with van der Waals surface area (Å²) in [5, 5.41) is 3.33. The number of hydrogen-bond acceptors (Lipinski definition) is 2. The molecule has 0 heterocycles. The highest BCUT2D eigenvalue weighted by Gasteiger charge is 2.15. The van der Waals surface area contributed by atoms with Crippen molar-refractivity contribution in [3.8, 4) is 0 Å². The standard InChI is InChI=1S/C7H14N4O/c1-4-11(5-2)7(12)6(3)9-10-8/h6H,4-5H2,1-3H3. The summed E-state index contributed by atoms with van der Waals surface area (Å²) in [5.41, 5.74) is 8.10. The molecule has 12 heavy (non-hydrogen) atoms. The Morgan fingerprint density at radius 2 is 2.08 bits per heavy atom. The third-order valence-corrected chi connectivity index (χ3v) is 1.66. The molecule has 0 aliphatic carbocycles.